The number of benzene rings is 1. The lowest BCUT2D eigenvalue weighted by Gasteiger charge is -2.12. The van der Waals surface area contributed by atoms with Gasteiger partial charge >= 0.3 is 24.3 Å². The first-order chi connectivity index (χ1) is 20.6. The quantitative estimate of drug-likeness (QED) is 0.317. The highest BCUT2D eigenvalue weighted by atomic mass is 19.2. The number of hydrogen-bond acceptors (Lipinski definition) is 12. The van der Waals surface area contributed by atoms with Crippen LogP contribution in [0.1, 0.15) is 33.9 Å². The van der Waals surface area contributed by atoms with E-state index in [2.05, 4.69) is 29.9 Å². The number of nitrogens with zero attached hydrogens (tertiary/aromatic N) is 12. The van der Waals surface area contributed by atoms with Gasteiger partial charge < -0.3 is 0 Å². The van der Waals surface area contributed by atoms with E-state index in [1.165, 1.54) is 24.3 Å². The van der Waals surface area contributed by atoms with Gasteiger partial charge in [-0.1, -0.05) is 0 Å². The van der Waals surface area contributed by atoms with Crippen LogP contribution in [0.2, 0.25) is 0 Å². The molecular weight excluding hydrogens is 575 g/mol. The number of nitriles is 6. The first-order valence-corrected chi connectivity index (χ1v) is 11.0. The largest absolute Gasteiger partial charge is 0.314 e. The van der Waals surface area contributed by atoms with Gasteiger partial charge in [0.05, 0.1) is 11.1 Å². The summed E-state index contributed by atoms with van der Waals surface area (Å²) in [7, 11) is 0. The minimum absolute atomic E-state index is 0.432. The lowest BCUT2D eigenvalue weighted by atomic mass is 9.90. The number of halogens is 5. The van der Waals surface area contributed by atoms with Crippen LogP contribution < -0.4 is 0 Å². The number of hydrogen-bond donors (Lipinski definition) is 0. The normalized spacial score (nSPS) is 12.8. The minimum atomic E-state index is -1.66. The summed E-state index contributed by atoms with van der Waals surface area (Å²) in [5, 5.41) is 58.7. The molecule has 0 saturated heterocycles. The molecule has 0 fully saturated rings. The van der Waals surface area contributed by atoms with E-state index >= 15 is 4.39 Å². The highest BCUT2D eigenvalue weighted by Gasteiger charge is 2.42. The fourth-order valence-electron chi connectivity index (χ4n) is 4.64. The molecule has 12 nitrogen and oxygen atoms in total. The molecule has 3 aromatic rings. The van der Waals surface area contributed by atoms with Gasteiger partial charge in [-0.15, -0.1) is 0 Å². The summed E-state index contributed by atoms with van der Waals surface area (Å²) in [6.07, 6.45) is -6.63. The van der Waals surface area contributed by atoms with Gasteiger partial charge in [0.25, 0.3) is 0 Å². The van der Waals surface area contributed by atoms with Crippen molar-refractivity contribution in [3.8, 4) is 36.4 Å². The Balaban J connectivity index is 2.00. The van der Waals surface area contributed by atoms with Crippen LogP contribution in [0, 0.1) is 98.1 Å². The van der Waals surface area contributed by atoms with Gasteiger partial charge in [0, 0.05) is 39.0 Å². The molecule has 0 saturated carbocycles. The van der Waals surface area contributed by atoms with Gasteiger partial charge in [-0.2, -0.15) is 79.0 Å². The van der Waals surface area contributed by atoms with Crippen molar-refractivity contribution in [1.29, 1.82) is 31.6 Å². The van der Waals surface area contributed by atoms with Crippen molar-refractivity contribution in [2.24, 2.45) is 0 Å². The molecule has 0 amide bonds. The third-order valence-corrected chi connectivity index (χ3v) is 6.08. The lowest BCUT2D eigenvalue weighted by molar-refractivity contribution is 0.451. The third kappa shape index (κ3) is 3.99. The Morgan fingerprint density at radius 2 is 0.930 bits per heavy atom. The SMILES string of the molecule is N#CC(C#N)=C1C(c2nc(F)nc(F)n2)=C(C#N)c2c1cc1c(c2F)C(=C(C#N)C#N)C(c2nc(F)nc(F)n2)=C1C#N. The summed E-state index contributed by atoms with van der Waals surface area (Å²) in [6.45, 7) is 0. The molecule has 0 bridgehead atoms. The molecule has 200 valence electrons. The second-order valence-corrected chi connectivity index (χ2v) is 8.10. The van der Waals surface area contributed by atoms with Crippen LogP contribution in [0.4, 0.5) is 22.0 Å². The van der Waals surface area contributed by atoms with Crippen LogP contribution in [-0.4, -0.2) is 29.9 Å². The fourth-order valence-corrected chi connectivity index (χ4v) is 4.64. The predicted molar refractivity (Wildman–Crippen MR) is 127 cm³/mol. The zero-order chi connectivity index (χ0) is 31.2. The van der Waals surface area contributed by atoms with Crippen LogP contribution in [0.15, 0.2) is 17.2 Å². The molecule has 43 heavy (non-hydrogen) atoms. The molecule has 2 aliphatic rings. The van der Waals surface area contributed by atoms with E-state index in [9.17, 15) is 49.1 Å². The molecule has 0 aliphatic heterocycles. The average molecular weight is 576 g/mol. The molecule has 2 heterocycles. The van der Waals surface area contributed by atoms with Crippen molar-refractivity contribution < 1.29 is 22.0 Å². The summed E-state index contributed by atoms with van der Waals surface area (Å²) >= 11 is 0. The third-order valence-electron chi connectivity index (χ3n) is 6.08. The molecular formula is C26HF5N12. The van der Waals surface area contributed by atoms with Gasteiger partial charge in [-0.05, 0) is 11.6 Å². The molecule has 0 N–H and O–H groups in total. The number of allylic oxidation sites excluding steroid dienone is 8. The Kier molecular flexibility index (Phi) is 6.41. The average Bonchev–Trinajstić information content (AvgIpc) is 3.47. The van der Waals surface area contributed by atoms with Crippen LogP contribution in [-0.2, 0) is 0 Å². The molecule has 0 unspecified atom stereocenters. The smallest absolute Gasteiger partial charge is 0.206 e. The van der Waals surface area contributed by atoms with Crippen molar-refractivity contribution in [2.75, 3.05) is 0 Å². The van der Waals surface area contributed by atoms with Gasteiger partial charge in [0.2, 0.25) is 0 Å². The lowest BCUT2D eigenvalue weighted by Crippen LogP contribution is -2.05. The highest BCUT2D eigenvalue weighted by molar-refractivity contribution is 6.29. The van der Waals surface area contributed by atoms with Crippen molar-refractivity contribution in [3.63, 3.8) is 0 Å². The highest BCUT2D eigenvalue weighted by Crippen LogP contribution is 2.55. The topological polar surface area (TPSA) is 220 Å². The van der Waals surface area contributed by atoms with E-state index in [0.717, 1.165) is 6.07 Å². The molecule has 2 aliphatic carbocycles. The zero-order valence-corrected chi connectivity index (χ0v) is 20.3. The van der Waals surface area contributed by atoms with Gasteiger partial charge in [0.15, 0.2) is 11.6 Å². The fraction of sp³-hybridized carbons (Fsp3) is 0. The second kappa shape index (κ2) is 10.1. The summed E-state index contributed by atoms with van der Waals surface area (Å²) in [6, 6.07) is 10.3. The zero-order valence-electron chi connectivity index (χ0n) is 20.3. The predicted octanol–water partition coefficient (Wildman–Crippen LogP) is 3.25. The number of fused-ring (bicyclic) bond motifs is 2. The minimum Gasteiger partial charge on any atom is -0.206 e. The van der Waals surface area contributed by atoms with Gasteiger partial charge in [-0.25, -0.2) is 4.39 Å². The van der Waals surface area contributed by atoms with E-state index in [-0.39, 0.29) is 0 Å². The summed E-state index contributed by atoms with van der Waals surface area (Å²) in [5.74, 6) is -3.22. The van der Waals surface area contributed by atoms with Crippen LogP contribution >= 0.6 is 0 Å². The summed E-state index contributed by atoms with van der Waals surface area (Å²) in [4.78, 5) is 18.7. The molecule has 1 aromatic carbocycles. The Morgan fingerprint density at radius 3 is 1.35 bits per heavy atom. The Hall–Kier alpha value is -7.21. The van der Waals surface area contributed by atoms with E-state index in [4.69, 9.17) is 0 Å². The number of aromatic nitrogens is 6. The van der Waals surface area contributed by atoms with Crippen molar-refractivity contribution in [3.05, 3.63) is 81.2 Å². The molecule has 2 aromatic heterocycles. The molecule has 17 heteroatoms. The molecule has 0 atom stereocenters. The summed E-state index contributed by atoms with van der Waals surface area (Å²) < 4.78 is 72.6. The van der Waals surface area contributed by atoms with Crippen molar-refractivity contribution in [2.45, 2.75) is 0 Å². The van der Waals surface area contributed by atoms with E-state index in [1.54, 1.807) is 12.1 Å². The Bertz CT molecular complexity index is 2190. The van der Waals surface area contributed by atoms with E-state index < -0.39 is 109 Å². The van der Waals surface area contributed by atoms with Gasteiger partial charge in [0.1, 0.15) is 53.4 Å². The number of rotatable bonds is 2. The maximum absolute atomic E-state index is 16.7. The van der Waals surface area contributed by atoms with Crippen molar-refractivity contribution >= 4 is 33.4 Å². The van der Waals surface area contributed by atoms with Crippen LogP contribution in [0.3, 0.4) is 0 Å². The molecule has 0 spiro atoms. The monoisotopic (exact) mass is 576 g/mol. The maximum Gasteiger partial charge on any atom is 0.314 e. The Morgan fingerprint density at radius 1 is 0.512 bits per heavy atom. The Labute approximate surface area is 234 Å². The van der Waals surface area contributed by atoms with Gasteiger partial charge in [-0.3, -0.25) is 0 Å². The van der Waals surface area contributed by atoms with Crippen molar-refractivity contribution in [1.82, 2.24) is 29.9 Å². The van der Waals surface area contributed by atoms with E-state index in [0.29, 0.717) is 0 Å². The summed E-state index contributed by atoms with van der Waals surface area (Å²) in [5.41, 5.74) is -7.81. The van der Waals surface area contributed by atoms with Crippen LogP contribution in [0.25, 0.3) is 33.4 Å². The van der Waals surface area contributed by atoms with E-state index in [1.807, 2.05) is 0 Å². The first-order valence-electron chi connectivity index (χ1n) is 11.0. The van der Waals surface area contributed by atoms with Crippen LogP contribution in [0.5, 0.6) is 0 Å². The first kappa shape index (κ1) is 27.4. The second-order valence-electron chi connectivity index (χ2n) is 8.10. The molecule has 0 radical (unpaired) electrons. The maximum atomic E-state index is 16.7. The standard InChI is InChI=1S/C26HF5N12/c27-20-16-11(14(8(2-32)3-33)19(13(16)7-37)22-40-25(30)43-26(31)41-22)1-10-12(6-36)18(15(17(10)20)9(4-34)5-35)21-38-23(28)42-24(29)39-21/h1H. The molecule has 5 rings (SSSR count).